The average molecular weight is 297 g/mol. The number of amides is 1. The third-order valence-corrected chi connectivity index (χ3v) is 4.90. The molecule has 4 atom stereocenters. The molecule has 5 nitrogen and oxygen atoms in total. The van der Waals surface area contributed by atoms with Crippen LogP contribution in [0.4, 0.5) is 0 Å². The summed E-state index contributed by atoms with van der Waals surface area (Å²) in [7, 11) is 1.65. The largest absolute Gasteiger partial charge is 0.383 e. The van der Waals surface area contributed by atoms with Crippen molar-refractivity contribution in [1.82, 2.24) is 16.0 Å². The zero-order chi connectivity index (χ0) is 15.1. The lowest BCUT2D eigenvalue weighted by molar-refractivity contribution is -0.123. The van der Waals surface area contributed by atoms with Crippen LogP contribution in [-0.4, -0.2) is 50.8 Å². The predicted octanol–water partition coefficient (Wildman–Crippen LogP) is 1.04. The van der Waals surface area contributed by atoms with E-state index in [4.69, 9.17) is 4.74 Å². The van der Waals surface area contributed by atoms with Crippen molar-refractivity contribution in [3.63, 3.8) is 0 Å². The van der Waals surface area contributed by atoms with E-state index in [2.05, 4.69) is 16.0 Å². The zero-order valence-corrected chi connectivity index (χ0v) is 13.5. The summed E-state index contributed by atoms with van der Waals surface area (Å²) in [6.45, 7) is 4.27. The van der Waals surface area contributed by atoms with Crippen molar-refractivity contribution in [2.75, 3.05) is 26.8 Å². The van der Waals surface area contributed by atoms with Crippen LogP contribution in [-0.2, 0) is 9.53 Å². The minimum absolute atomic E-state index is 0.0781. The molecule has 1 heterocycles. The van der Waals surface area contributed by atoms with Gasteiger partial charge in [0.1, 0.15) is 0 Å². The van der Waals surface area contributed by atoms with E-state index in [1.807, 2.05) is 6.92 Å². The quantitative estimate of drug-likeness (QED) is 0.615. The molecule has 5 heteroatoms. The van der Waals surface area contributed by atoms with Gasteiger partial charge in [-0.1, -0.05) is 12.8 Å². The van der Waals surface area contributed by atoms with E-state index in [9.17, 15) is 4.79 Å². The van der Waals surface area contributed by atoms with Crippen LogP contribution in [0.2, 0.25) is 0 Å². The first kappa shape index (κ1) is 16.7. The number of carbonyl (C=O) groups excluding carboxylic acids is 1. The molecule has 0 bridgehead atoms. The van der Waals surface area contributed by atoms with Crippen LogP contribution < -0.4 is 16.0 Å². The second-order valence-corrected chi connectivity index (χ2v) is 6.43. The van der Waals surface area contributed by atoms with Gasteiger partial charge in [0.05, 0.1) is 12.6 Å². The first-order valence-corrected chi connectivity index (χ1v) is 8.48. The monoisotopic (exact) mass is 297 g/mol. The van der Waals surface area contributed by atoms with Gasteiger partial charge in [-0.2, -0.15) is 0 Å². The minimum Gasteiger partial charge on any atom is -0.383 e. The number of rotatable bonds is 7. The Labute approximate surface area is 128 Å². The molecule has 1 amide bonds. The Morgan fingerprint density at radius 1 is 1.29 bits per heavy atom. The SMILES string of the molecule is COCCNC(=O)C(C)NC1CCCC1C1CCCCN1. The summed E-state index contributed by atoms with van der Waals surface area (Å²) in [4.78, 5) is 12.0. The maximum atomic E-state index is 12.0. The number of nitrogens with one attached hydrogen (secondary N) is 3. The molecule has 1 aliphatic carbocycles. The van der Waals surface area contributed by atoms with Gasteiger partial charge in [-0.05, 0) is 45.1 Å². The van der Waals surface area contributed by atoms with Gasteiger partial charge in [0.2, 0.25) is 5.91 Å². The van der Waals surface area contributed by atoms with Crippen molar-refractivity contribution in [1.29, 1.82) is 0 Å². The van der Waals surface area contributed by atoms with E-state index in [0.29, 0.717) is 31.2 Å². The van der Waals surface area contributed by atoms with Crippen LogP contribution in [0, 0.1) is 5.92 Å². The highest BCUT2D eigenvalue weighted by molar-refractivity contribution is 5.81. The lowest BCUT2D eigenvalue weighted by Gasteiger charge is -2.34. The van der Waals surface area contributed by atoms with Crippen LogP contribution in [0.5, 0.6) is 0 Å². The molecule has 1 aliphatic heterocycles. The van der Waals surface area contributed by atoms with Gasteiger partial charge >= 0.3 is 0 Å². The Bertz CT molecular complexity index is 319. The summed E-state index contributed by atoms with van der Waals surface area (Å²) in [5.74, 6) is 0.758. The van der Waals surface area contributed by atoms with Crippen LogP contribution in [0.3, 0.4) is 0 Å². The Morgan fingerprint density at radius 2 is 2.14 bits per heavy atom. The van der Waals surface area contributed by atoms with Crippen molar-refractivity contribution in [2.24, 2.45) is 5.92 Å². The van der Waals surface area contributed by atoms with Gasteiger partial charge in [-0.3, -0.25) is 4.79 Å². The standard InChI is InChI=1S/C16H31N3O2/c1-12(16(20)18-10-11-21-2)19-15-8-5-6-13(15)14-7-3-4-9-17-14/h12-15,17,19H,3-11H2,1-2H3,(H,18,20). The molecule has 2 rings (SSSR count). The number of ether oxygens (including phenoxy) is 1. The molecule has 2 fully saturated rings. The Morgan fingerprint density at radius 3 is 2.86 bits per heavy atom. The maximum Gasteiger partial charge on any atom is 0.236 e. The fourth-order valence-electron chi connectivity index (χ4n) is 3.75. The molecular formula is C16H31N3O2. The first-order chi connectivity index (χ1) is 10.2. The third kappa shape index (κ3) is 4.94. The smallest absolute Gasteiger partial charge is 0.236 e. The first-order valence-electron chi connectivity index (χ1n) is 8.48. The third-order valence-electron chi connectivity index (χ3n) is 4.90. The van der Waals surface area contributed by atoms with E-state index in [1.54, 1.807) is 7.11 Å². The lowest BCUT2D eigenvalue weighted by Crippen LogP contribution is -2.52. The molecule has 2 aliphatic rings. The van der Waals surface area contributed by atoms with Crippen molar-refractivity contribution in [2.45, 2.75) is 63.6 Å². The summed E-state index contributed by atoms with van der Waals surface area (Å²) in [5.41, 5.74) is 0. The maximum absolute atomic E-state index is 12.0. The molecule has 0 aromatic rings. The Balaban J connectivity index is 1.78. The molecule has 4 unspecified atom stereocenters. The number of hydrogen-bond acceptors (Lipinski definition) is 4. The van der Waals surface area contributed by atoms with Gasteiger partial charge < -0.3 is 20.7 Å². The van der Waals surface area contributed by atoms with Crippen LogP contribution in [0.1, 0.15) is 45.4 Å². The van der Waals surface area contributed by atoms with Crippen molar-refractivity contribution >= 4 is 5.91 Å². The summed E-state index contributed by atoms with van der Waals surface area (Å²) in [6, 6.07) is 0.988. The van der Waals surface area contributed by atoms with Crippen molar-refractivity contribution < 1.29 is 9.53 Å². The number of methoxy groups -OCH3 is 1. The molecule has 1 saturated heterocycles. The van der Waals surface area contributed by atoms with Crippen molar-refractivity contribution in [3.8, 4) is 0 Å². The van der Waals surface area contributed by atoms with Gasteiger partial charge in [0.25, 0.3) is 0 Å². The summed E-state index contributed by atoms with van der Waals surface area (Å²) < 4.78 is 4.96. The average Bonchev–Trinajstić information content (AvgIpc) is 2.96. The van der Waals surface area contributed by atoms with Gasteiger partial charge in [-0.15, -0.1) is 0 Å². The Hall–Kier alpha value is -0.650. The molecule has 0 aromatic heterocycles. The van der Waals surface area contributed by atoms with Gasteiger partial charge in [-0.25, -0.2) is 0 Å². The van der Waals surface area contributed by atoms with E-state index in [0.717, 1.165) is 6.54 Å². The Kier molecular flexibility index (Phi) is 6.93. The molecular weight excluding hydrogens is 266 g/mol. The number of carbonyl (C=O) groups is 1. The van der Waals surface area contributed by atoms with Crippen LogP contribution in [0.25, 0.3) is 0 Å². The highest BCUT2D eigenvalue weighted by atomic mass is 16.5. The van der Waals surface area contributed by atoms with E-state index >= 15 is 0 Å². The van der Waals surface area contributed by atoms with Crippen LogP contribution in [0.15, 0.2) is 0 Å². The van der Waals surface area contributed by atoms with Crippen LogP contribution >= 0.6 is 0 Å². The van der Waals surface area contributed by atoms with E-state index in [-0.39, 0.29) is 11.9 Å². The predicted molar refractivity (Wildman–Crippen MR) is 84.3 cm³/mol. The van der Waals surface area contributed by atoms with E-state index in [1.165, 1.54) is 38.5 Å². The zero-order valence-electron chi connectivity index (χ0n) is 13.5. The van der Waals surface area contributed by atoms with Gasteiger partial charge in [0, 0.05) is 25.7 Å². The highest BCUT2D eigenvalue weighted by Gasteiger charge is 2.35. The molecule has 0 radical (unpaired) electrons. The summed E-state index contributed by atoms with van der Waals surface area (Å²) >= 11 is 0. The molecule has 122 valence electrons. The van der Waals surface area contributed by atoms with Gasteiger partial charge in [0.15, 0.2) is 0 Å². The normalized spacial score (nSPS) is 31.0. The van der Waals surface area contributed by atoms with E-state index < -0.39 is 0 Å². The second kappa shape index (κ2) is 8.71. The summed E-state index contributed by atoms with van der Waals surface area (Å²) in [6.07, 6.45) is 7.69. The molecule has 0 aromatic carbocycles. The minimum atomic E-state index is -0.129. The molecule has 0 spiro atoms. The van der Waals surface area contributed by atoms with Crippen molar-refractivity contribution in [3.05, 3.63) is 0 Å². The molecule has 21 heavy (non-hydrogen) atoms. The number of hydrogen-bond donors (Lipinski definition) is 3. The topological polar surface area (TPSA) is 62.4 Å². The second-order valence-electron chi connectivity index (χ2n) is 6.43. The summed E-state index contributed by atoms with van der Waals surface area (Å²) in [5, 5.41) is 10.1. The molecule has 3 N–H and O–H groups in total. The lowest BCUT2D eigenvalue weighted by atomic mass is 9.88. The molecule has 1 saturated carbocycles. The highest BCUT2D eigenvalue weighted by Crippen LogP contribution is 2.31. The fraction of sp³-hybridized carbons (Fsp3) is 0.938. The fourth-order valence-corrected chi connectivity index (χ4v) is 3.75. The number of piperidine rings is 1.